The van der Waals surface area contributed by atoms with Gasteiger partial charge in [-0.05, 0) is 31.2 Å². The van der Waals surface area contributed by atoms with E-state index < -0.39 is 0 Å². The lowest BCUT2D eigenvalue weighted by Crippen LogP contribution is -2.09. The molecule has 0 atom stereocenters. The van der Waals surface area contributed by atoms with E-state index in [9.17, 15) is 4.79 Å². The molecule has 3 rings (SSSR count). The number of fused-ring (bicyclic) bond motifs is 1. The molecule has 100 valence electrons. The number of rotatable bonds is 4. The van der Waals surface area contributed by atoms with Crippen LogP contribution in [0.5, 0.6) is 0 Å². The fraction of sp³-hybridized carbons (Fsp3) is 0.188. The van der Waals surface area contributed by atoms with Crippen LogP contribution in [0.2, 0.25) is 0 Å². The topological polar surface area (TPSA) is 47.8 Å². The maximum Gasteiger partial charge on any atom is 0.170 e. The predicted octanol–water partition coefficient (Wildman–Crippen LogP) is 2.88. The Hall–Kier alpha value is -2.49. The van der Waals surface area contributed by atoms with E-state index >= 15 is 0 Å². The molecule has 0 saturated carbocycles. The van der Waals surface area contributed by atoms with E-state index in [4.69, 9.17) is 0 Å². The first kappa shape index (κ1) is 12.5. The normalized spacial score (nSPS) is 10.8. The SMILES string of the molecule is CCn1c(CC(=O)c2ccncc2)nc2ccccc21. The molecular formula is C16H15N3O. The van der Waals surface area contributed by atoms with Crippen LogP contribution in [0.15, 0.2) is 48.8 Å². The van der Waals surface area contributed by atoms with E-state index in [-0.39, 0.29) is 5.78 Å². The number of nitrogens with zero attached hydrogens (tertiary/aromatic N) is 3. The fourth-order valence-electron chi connectivity index (χ4n) is 2.40. The van der Waals surface area contributed by atoms with Crippen molar-refractivity contribution >= 4 is 16.8 Å². The van der Waals surface area contributed by atoms with E-state index in [1.54, 1.807) is 24.5 Å². The van der Waals surface area contributed by atoms with Crippen LogP contribution in [0, 0.1) is 0 Å². The molecule has 0 aliphatic heterocycles. The Morgan fingerprint density at radius 2 is 1.90 bits per heavy atom. The standard InChI is InChI=1S/C16H15N3O/c1-2-19-14-6-4-3-5-13(14)18-16(19)11-15(20)12-7-9-17-10-8-12/h3-10H,2,11H2,1H3. The smallest absolute Gasteiger partial charge is 0.170 e. The van der Waals surface area contributed by atoms with E-state index in [2.05, 4.69) is 21.5 Å². The summed E-state index contributed by atoms with van der Waals surface area (Å²) in [6.45, 7) is 2.87. The van der Waals surface area contributed by atoms with Gasteiger partial charge in [-0.3, -0.25) is 9.78 Å². The first-order chi connectivity index (χ1) is 9.79. The van der Waals surface area contributed by atoms with Crippen molar-refractivity contribution in [1.82, 2.24) is 14.5 Å². The summed E-state index contributed by atoms with van der Waals surface area (Å²) < 4.78 is 2.09. The molecule has 0 amide bonds. The van der Waals surface area contributed by atoms with Gasteiger partial charge in [0.1, 0.15) is 5.82 Å². The van der Waals surface area contributed by atoms with E-state index in [1.165, 1.54) is 0 Å². The number of pyridine rings is 1. The Morgan fingerprint density at radius 1 is 1.15 bits per heavy atom. The summed E-state index contributed by atoms with van der Waals surface area (Å²) in [5.41, 5.74) is 2.69. The molecule has 0 N–H and O–H groups in total. The van der Waals surface area contributed by atoms with Gasteiger partial charge < -0.3 is 4.57 Å². The minimum absolute atomic E-state index is 0.0670. The van der Waals surface area contributed by atoms with Crippen LogP contribution in [0.1, 0.15) is 23.1 Å². The highest BCUT2D eigenvalue weighted by Crippen LogP contribution is 2.17. The van der Waals surface area contributed by atoms with Crippen LogP contribution in [0.3, 0.4) is 0 Å². The molecule has 0 radical (unpaired) electrons. The molecule has 0 spiro atoms. The van der Waals surface area contributed by atoms with E-state index in [0.717, 1.165) is 23.4 Å². The quantitative estimate of drug-likeness (QED) is 0.681. The molecule has 4 nitrogen and oxygen atoms in total. The lowest BCUT2D eigenvalue weighted by molar-refractivity contribution is 0.0990. The first-order valence-corrected chi connectivity index (χ1v) is 6.67. The third kappa shape index (κ3) is 2.20. The van der Waals surface area contributed by atoms with Gasteiger partial charge in [-0.25, -0.2) is 4.98 Å². The molecule has 2 aromatic heterocycles. The maximum atomic E-state index is 12.3. The number of ketones is 1. The van der Waals surface area contributed by atoms with Gasteiger partial charge in [0.25, 0.3) is 0 Å². The van der Waals surface area contributed by atoms with Gasteiger partial charge in [-0.1, -0.05) is 12.1 Å². The Balaban J connectivity index is 1.97. The van der Waals surface area contributed by atoms with Gasteiger partial charge >= 0.3 is 0 Å². The molecule has 0 aliphatic carbocycles. The van der Waals surface area contributed by atoms with Gasteiger partial charge in [-0.2, -0.15) is 0 Å². The van der Waals surface area contributed by atoms with Gasteiger partial charge in [0, 0.05) is 24.5 Å². The van der Waals surface area contributed by atoms with Crippen LogP contribution in [-0.2, 0) is 13.0 Å². The number of Topliss-reactive ketones (excluding diaryl/α,β-unsaturated/α-hetero) is 1. The number of aryl methyl sites for hydroxylation is 1. The van der Waals surface area contributed by atoms with Crippen LogP contribution < -0.4 is 0 Å². The second-order valence-corrected chi connectivity index (χ2v) is 4.60. The molecule has 0 unspecified atom stereocenters. The van der Waals surface area contributed by atoms with Crippen molar-refractivity contribution in [2.45, 2.75) is 19.9 Å². The molecule has 0 saturated heterocycles. The number of benzene rings is 1. The van der Waals surface area contributed by atoms with Gasteiger partial charge in [0.2, 0.25) is 0 Å². The zero-order valence-corrected chi connectivity index (χ0v) is 11.3. The van der Waals surface area contributed by atoms with Gasteiger partial charge in [-0.15, -0.1) is 0 Å². The monoisotopic (exact) mass is 265 g/mol. The maximum absolute atomic E-state index is 12.3. The number of imidazole rings is 1. The average Bonchev–Trinajstić information content (AvgIpc) is 2.85. The molecule has 2 heterocycles. The summed E-state index contributed by atoms with van der Waals surface area (Å²) in [5, 5.41) is 0. The Labute approximate surface area is 117 Å². The summed E-state index contributed by atoms with van der Waals surface area (Å²) >= 11 is 0. The zero-order chi connectivity index (χ0) is 13.9. The van der Waals surface area contributed by atoms with Gasteiger partial charge in [0.15, 0.2) is 5.78 Å². The Bertz CT molecular complexity index is 747. The van der Waals surface area contributed by atoms with Crippen LogP contribution in [-0.4, -0.2) is 20.3 Å². The highest BCUT2D eigenvalue weighted by molar-refractivity contribution is 5.97. The number of hydrogen-bond donors (Lipinski definition) is 0. The minimum atomic E-state index is 0.0670. The summed E-state index contributed by atoms with van der Waals surface area (Å²) in [6, 6.07) is 11.4. The van der Waals surface area contributed by atoms with Gasteiger partial charge in [0.05, 0.1) is 17.5 Å². The third-order valence-corrected chi connectivity index (χ3v) is 3.37. The van der Waals surface area contributed by atoms with E-state index in [1.807, 2.05) is 24.3 Å². The summed E-state index contributed by atoms with van der Waals surface area (Å²) in [5.74, 6) is 0.882. The van der Waals surface area contributed by atoms with Crippen LogP contribution in [0.25, 0.3) is 11.0 Å². The minimum Gasteiger partial charge on any atom is -0.328 e. The third-order valence-electron chi connectivity index (χ3n) is 3.37. The largest absolute Gasteiger partial charge is 0.328 e. The highest BCUT2D eigenvalue weighted by atomic mass is 16.1. The predicted molar refractivity (Wildman–Crippen MR) is 77.7 cm³/mol. The molecule has 0 fully saturated rings. The Morgan fingerprint density at radius 3 is 2.65 bits per heavy atom. The number of para-hydroxylation sites is 2. The zero-order valence-electron chi connectivity index (χ0n) is 11.3. The highest BCUT2D eigenvalue weighted by Gasteiger charge is 2.14. The molecule has 3 aromatic rings. The molecule has 0 aliphatic rings. The number of carbonyl (C=O) groups is 1. The van der Waals surface area contributed by atoms with Crippen LogP contribution in [0.4, 0.5) is 0 Å². The molecule has 0 bridgehead atoms. The van der Waals surface area contributed by atoms with Crippen molar-refractivity contribution < 1.29 is 4.79 Å². The molecular weight excluding hydrogens is 250 g/mol. The van der Waals surface area contributed by atoms with Crippen LogP contribution >= 0.6 is 0 Å². The van der Waals surface area contributed by atoms with Crippen molar-refractivity contribution in [2.75, 3.05) is 0 Å². The Kier molecular flexibility index (Phi) is 3.29. The summed E-state index contributed by atoms with van der Waals surface area (Å²) in [6.07, 6.45) is 3.58. The summed E-state index contributed by atoms with van der Waals surface area (Å²) in [7, 11) is 0. The van der Waals surface area contributed by atoms with Crippen molar-refractivity contribution in [3.63, 3.8) is 0 Å². The van der Waals surface area contributed by atoms with Crippen molar-refractivity contribution in [3.8, 4) is 0 Å². The first-order valence-electron chi connectivity index (χ1n) is 6.67. The average molecular weight is 265 g/mol. The van der Waals surface area contributed by atoms with Crippen molar-refractivity contribution in [2.24, 2.45) is 0 Å². The van der Waals surface area contributed by atoms with Crippen molar-refractivity contribution in [3.05, 3.63) is 60.2 Å². The summed E-state index contributed by atoms with van der Waals surface area (Å²) in [4.78, 5) is 20.8. The molecule has 4 heteroatoms. The number of hydrogen-bond acceptors (Lipinski definition) is 3. The lowest BCUT2D eigenvalue weighted by atomic mass is 10.1. The lowest BCUT2D eigenvalue weighted by Gasteiger charge is -2.05. The number of carbonyl (C=O) groups excluding carboxylic acids is 1. The van der Waals surface area contributed by atoms with E-state index in [0.29, 0.717) is 12.0 Å². The second-order valence-electron chi connectivity index (χ2n) is 4.60. The second kappa shape index (κ2) is 5.25. The molecule has 20 heavy (non-hydrogen) atoms. The van der Waals surface area contributed by atoms with Crippen molar-refractivity contribution in [1.29, 1.82) is 0 Å². The fourth-order valence-corrected chi connectivity index (χ4v) is 2.40. The number of aromatic nitrogens is 3. The molecule has 1 aromatic carbocycles.